The normalized spacial score (nSPS) is 21.2. The molecule has 1 atom stereocenters. The van der Waals surface area contributed by atoms with Crippen LogP contribution in [0.1, 0.15) is 32.6 Å². The first kappa shape index (κ1) is 17.8. The molecular weight excluding hydrogens is 298 g/mol. The summed E-state index contributed by atoms with van der Waals surface area (Å²) in [5, 5.41) is 0. The highest BCUT2D eigenvalue weighted by molar-refractivity contribution is 7.86. The standard InChI is InChI=1S/C12H25N3O3S2/c1-11-5-3-4-7-15(11)20(16,17)14(9-10-18-2)8-6-12(13)19/h11H,3-10H2,1-2H3,(H2,13,19). The quantitative estimate of drug-likeness (QED) is 0.667. The van der Waals surface area contributed by atoms with Crippen LogP contribution in [0.4, 0.5) is 0 Å². The van der Waals surface area contributed by atoms with Crippen molar-refractivity contribution in [1.82, 2.24) is 8.61 Å². The lowest BCUT2D eigenvalue weighted by Gasteiger charge is -2.36. The maximum Gasteiger partial charge on any atom is 0.282 e. The van der Waals surface area contributed by atoms with Crippen LogP contribution in [0.2, 0.25) is 0 Å². The Kier molecular flexibility index (Phi) is 7.32. The van der Waals surface area contributed by atoms with Crippen LogP contribution in [0.3, 0.4) is 0 Å². The van der Waals surface area contributed by atoms with E-state index in [1.807, 2.05) is 6.92 Å². The molecule has 1 aliphatic rings. The summed E-state index contributed by atoms with van der Waals surface area (Å²) in [4.78, 5) is 0.328. The molecule has 1 saturated heterocycles. The van der Waals surface area contributed by atoms with Crippen LogP contribution in [-0.2, 0) is 14.9 Å². The van der Waals surface area contributed by atoms with Gasteiger partial charge in [0.25, 0.3) is 10.2 Å². The molecule has 0 aromatic rings. The second kappa shape index (κ2) is 8.23. The van der Waals surface area contributed by atoms with Crippen molar-refractivity contribution < 1.29 is 13.2 Å². The molecule has 0 aromatic heterocycles. The van der Waals surface area contributed by atoms with Crippen molar-refractivity contribution in [2.24, 2.45) is 5.73 Å². The van der Waals surface area contributed by atoms with Gasteiger partial charge in [-0.15, -0.1) is 0 Å². The summed E-state index contributed by atoms with van der Waals surface area (Å²) in [5.41, 5.74) is 5.48. The Morgan fingerprint density at radius 1 is 1.45 bits per heavy atom. The molecule has 20 heavy (non-hydrogen) atoms. The van der Waals surface area contributed by atoms with Crippen molar-refractivity contribution in [1.29, 1.82) is 0 Å². The van der Waals surface area contributed by atoms with Gasteiger partial charge in [0.2, 0.25) is 0 Å². The van der Waals surface area contributed by atoms with E-state index < -0.39 is 10.2 Å². The van der Waals surface area contributed by atoms with Crippen LogP contribution < -0.4 is 5.73 Å². The molecule has 8 heteroatoms. The van der Waals surface area contributed by atoms with Crippen molar-refractivity contribution in [2.45, 2.75) is 38.6 Å². The first-order valence-corrected chi connectivity index (χ1v) is 8.74. The Balaban J connectivity index is 2.81. The van der Waals surface area contributed by atoms with Crippen LogP contribution in [0, 0.1) is 0 Å². The van der Waals surface area contributed by atoms with Gasteiger partial charge in [0.15, 0.2) is 0 Å². The zero-order chi connectivity index (χ0) is 15.2. The topological polar surface area (TPSA) is 75.9 Å². The lowest BCUT2D eigenvalue weighted by Crippen LogP contribution is -2.51. The van der Waals surface area contributed by atoms with E-state index in [9.17, 15) is 8.42 Å². The second-order valence-electron chi connectivity index (χ2n) is 5.07. The number of methoxy groups -OCH3 is 1. The van der Waals surface area contributed by atoms with Gasteiger partial charge < -0.3 is 10.5 Å². The highest BCUT2D eigenvalue weighted by atomic mass is 32.2. The Bertz CT molecular complexity index is 414. The fourth-order valence-electron chi connectivity index (χ4n) is 2.33. The van der Waals surface area contributed by atoms with Crippen LogP contribution in [0.25, 0.3) is 0 Å². The minimum Gasteiger partial charge on any atom is -0.393 e. The van der Waals surface area contributed by atoms with Crippen molar-refractivity contribution in [3.63, 3.8) is 0 Å². The number of thiocarbonyl (C=S) groups is 1. The van der Waals surface area contributed by atoms with Crippen molar-refractivity contribution in [3.05, 3.63) is 0 Å². The van der Waals surface area contributed by atoms with Crippen LogP contribution in [-0.4, -0.2) is 61.4 Å². The summed E-state index contributed by atoms with van der Waals surface area (Å²) in [7, 11) is -1.91. The van der Waals surface area contributed by atoms with Gasteiger partial charge >= 0.3 is 0 Å². The van der Waals surface area contributed by atoms with E-state index in [2.05, 4.69) is 0 Å². The van der Waals surface area contributed by atoms with E-state index in [0.717, 1.165) is 19.3 Å². The molecule has 1 heterocycles. The van der Waals surface area contributed by atoms with Gasteiger partial charge in [-0.2, -0.15) is 17.0 Å². The van der Waals surface area contributed by atoms with Crippen molar-refractivity contribution in [3.8, 4) is 0 Å². The molecule has 118 valence electrons. The van der Waals surface area contributed by atoms with E-state index in [1.165, 1.54) is 4.31 Å². The molecule has 0 radical (unpaired) electrons. The Morgan fingerprint density at radius 3 is 2.70 bits per heavy atom. The van der Waals surface area contributed by atoms with E-state index in [0.29, 0.717) is 37.7 Å². The van der Waals surface area contributed by atoms with Gasteiger partial charge in [-0.05, 0) is 19.8 Å². The lowest BCUT2D eigenvalue weighted by molar-refractivity contribution is 0.172. The third-order valence-corrected chi connectivity index (χ3v) is 5.87. The summed E-state index contributed by atoms with van der Waals surface area (Å²) < 4.78 is 33.5. The molecule has 0 aromatic carbocycles. The minimum absolute atomic E-state index is 0.0450. The van der Waals surface area contributed by atoms with E-state index in [1.54, 1.807) is 11.4 Å². The van der Waals surface area contributed by atoms with Gasteiger partial charge in [-0.1, -0.05) is 18.6 Å². The monoisotopic (exact) mass is 323 g/mol. The van der Waals surface area contributed by atoms with Crippen LogP contribution in [0.15, 0.2) is 0 Å². The number of nitrogens with zero attached hydrogens (tertiary/aromatic N) is 2. The van der Waals surface area contributed by atoms with Gasteiger partial charge in [0, 0.05) is 39.2 Å². The second-order valence-corrected chi connectivity index (χ2v) is 7.48. The van der Waals surface area contributed by atoms with Gasteiger partial charge in [-0.25, -0.2) is 0 Å². The van der Waals surface area contributed by atoms with Gasteiger partial charge in [0.05, 0.1) is 11.6 Å². The molecule has 2 N–H and O–H groups in total. The van der Waals surface area contributed by atoms with Gasteiger partial charge in [-0.3, -0.25) is 0 Å². The minimum atomic E-state index is -3.47. The SMILES string of the molecule is COCCN(CCC(N)=S)S(=O)(=O)N1CCCCC1C. The zero-order valence-electron chi connectivity index (χ0n) is 12.2. The maximum atomic E-state index is 12.7. The summed E-state index contributed by atoms with van der Waals surface area (Å²) in [6.45, 7) is 3.53. The fourth-order valence-corrected chi connectivity index (χ4v) is 4.27. The Morgan fingerprint density at radius 2 is 2.15 bits per heavy atom. The predicted molar refractivity (Wildman–Crippen MR) is 83.8 cm³/mol. The van der Waals surface area contributed by atoms with Crippen LogP contribution in [0.5, 0.6) is 0 Å². The highest BCUT2D eigenvalue weighted by Crippen LogP contribution is 2.22. The molecule has 1 unspecified atom stereocenters. The smallest absolute Gasteiger partial charge is 0.282 e. The number of piperidine rings is 1. The Hall–Kier alpha value is -0.280. The highest BCUT2D eigenvalue weighted by Gasteiger charge is 2.34. The fraction of sp³-hybridized carbons (Fsp3) is 0.917. The molecule has 1 aliphatic heterocycles. The molecule has 0 aliphatic carbocycles. The lowest BCUT2D eigenvalue weighted by atomic mass is 10.1. The number of hydrogen-bond donors (Lipinski definition) is 1. The molecule has 6 nitrogen and oxygen atoms in total. The van der Waals surface area contributed by atoms with Crippen molar-refractivity contribution >= 4 is 27.4 Å². The molecule has 0 amide bonds. The summed E-state index contributed by atoms with van der Waals surface area (Å²) >= 11 is 4.84. The first-order valence-electron chi connectivity index (χ1n) is 6.93. The molecular formula is C12H25N3O3S2. The predicted octanol–water partition coefficient (Wildman–Crippen LogP) is 0.730. The molecule has 1 fully saturated rings. The number of hydrogen-bond acceptors (Lipinski definition) is 4. The first-order chi connectivity index (χ1) is 9.39. The summed E-state index contributed by atoms with van der Waals surface area (Å²) in [6, 6.07) is 0.0450. The number of nitrogens with two attached hydrogens (primary N) is 1. The van der Waals surface area contributed by atoms with E-state index in [4.69, 9.17) is 22.7 Å². The van der Waals surface area contributed by atoms with Crippen molar-refractivity contribution in [2.75, 3.05) is 33.4 Å². The third-order valence-electron chi connectivity index (χ3n) is 3.52. The number of ether oxygens (including phenoxy) is 1. The third kappa shape index (κ3) is 4.92. The number of rotatable bonds is 8. The summed E-state index contributed by atoms with van der Waals surface area (Å²) in [5.74, 6) is 0. The molecule has 1 rings (SSSR count). The molecule has 0 saturated carbocycles. The van der Waals surface area contributed by atoms with E-state index >= 15 is 0 Å². The van der Waals surface area contributed by atoms with Crippen LogP contribution >= 0.6 is 12.2 Å². The molecule has 0 bridgehead atoms. The Labute approximate surface area is 127 Å². The average molecular weight is 323 g/mol. The van der Waals surface area contributed by atoms with E-state index in [-0.39, 0.29) is 6.04 Å². The van der Waals surface area contributed by atoms with Gasteiger partial charge in [0.1, 0.15) is 0 Å². The maximum absolute atomic E-state index is 12.7. The average Bonchev–Trinajstić information content (AvgIpc) is 2.38. The molecule has 0 spiro atoms. The zero-order valence-corrected chi connectivity index (χ0v) is 13.9. The largest absolute Gasteiger partial charge is 0.393 e. The summed E-state index contributed by atoms with van der Waals surface area (Å²) in [6.07, 6.45) is 3.29.